The van der Waals surface area contributed by atoms with Gasteiger partial charge in [-0.2, -0.15) is 5.10 Å². The third-order valence-corrected chi connectivity index (χ3v) is 5.11. The summed E-state index contributed by atoms with van der Waals surface area (Å²) in [6.45, 7) is 4.47. The van der Waals surface area contributed by atoms with Gasteiger partial charge >= 0.3 is 0 Å². The van der Waals surface area contributed by atoms with Gasteiger partial charge in [0.1, 0.15) is 0 Å². The molecular formula is C17H17N5OS. The molecule has 3 aromatic rings. The number of aryl methyl sites for hydroxylation is 1. The van der Waals surface area contributed by atoms with Gasteiger partial charge in [0.15, 0.2) is 5.13 Å². The Balaban J connectivity index is 1.47. The molecule has 1 aliphatic heterocycles. The quantitative estimate of drug-likeness (QED) is 0.729. The number of nitrogens with zero attached hydrogens (tertiary/aromatic N) is 5. The molecule has 0 saturated carbocycles. The Bertz CT molecular complexity index is 899. The number of hydrogen-bond acceptors (Lipinski definition) is 6. The van der Waals surface area contributed by atoms with Crippen molar-refractivity contribution in [2.75, 3.05) is 18.0 Å². The van der Waals surface area contributed by atoms with E-state index in [1.807, 2.05) is 19.1 Å². The van der Waals surface area contributed by atoms with Crippen LogP contribution in [0.5, 0.6) is 0 Å². The van der Waals surface area contributed by atoms with Gasteiger partial charge in [0.25, 0.3) is 5.56 Å². The Labute approximate surface area is 143 Å². The average molecular weight is 339 g/mol. The lowest BCUT2D eigenvalue weighted by molar-refractivity contribution is 0.335. The van der Waals surface area contributed by atoms with Crippen molar-refractivity contribution in [1.29, 1.82) is 0 Å². The number of rotatable bonds is 4. The van der Waals surface area contributed by atoms with E-state index in [9.17, 15) is 4.79 Å². The van der Waals surface area contributed by atoms with Crippen molar-refractivity contribution in [1.82, 2.24) is 19.7 Å². The molecule has 0 aliphatic carbocycles. The van der Waals surface area contributed by atoms with Gasteiger partial charge in [-0.1, -0.05) is 0 Å². The van der Waals surface area contributed by atoms with Crippen molar-refractivity contribution < 1.29 is 0 Å². The molecule has 122 valence electrons. The van der Waals surface area contributed by atoms with Crippen LogP contribution < -0.4 is 10.5 Å². The summed E-state index contributed by atoms with van der Waals surface area (Å²) in [7, 11) is 0. The van der Waals surface area contributed by atoms with E-state index in [0.29, 0.717) is 12.5 Å². The molecule has 3 aromatic heterocycles. The maximum atomic E-state index is 12.1. The summed E-state index contributed by atoms with van der Waals surface area (Å²) in [5, 5.41) is 7.62. The first-order valence-corrected chi connectivity index (χ1v) is 8.72. The van der Waals surface area contributed by atoms with E-state index >= 15 is 0 Å². The van der Waals surface area contributed by atoms with E-state index < -0.39 is 0 Å². The second-order valence-electron chi connectivity index (χ2n) is 6.02. The minimum atomic E-state index is -0.0637. The minimum absolute atomic E-state index is 0.0637. The van der Waals surface area contributed by atoms with Gasteiger partial charge < -0.3 is 4.90 Å². The molecule has 24 heavy (non-hydrogen) atoms. The van der Waals surface area contributed by atoms with Crippen molar-refractivity contribution in [2.45, 2.75) is 13.5 Å². The van der Waals surface area contributed by atoms with E-state index in [0.717, 1.165) is 35.2 Å². The zero-order valence-corrected chi connectivity index (χ0v) is 14.1. The van der Waals surface area contributed by atoms with Crippen LogP contribution in [0.2, 0.25) is 0 Å². The number of hydrogen-bond donors (Lipinski definition) is 0. The van der Waals surface area contributed by atoms with Gasteiger partial charge in [0.2, 0.25) is 0 Å². The second kappa shape index (κ2) is 6.16. The highest BCUT2D eigenvalue weighted by molar-refractivity contribution is 7.13. The maximum absolute atomic E-state index is 12.1. The molecule has 1 fully saturated rings. The fourth-order valence-electron chi connectivity index (χ4n) is 2.82. The molecule has 0 spiro atoms. The fraction of sp³-hybridized carbons (Fsp3) is 0.294. The molecule has 4 rings (SSSR count). The van der Waals surface area contributed by atoms with Crippen molar-refractivity contribution in [2.24, 2.45) is 5.92 Å². The number of pyridine rings is 1. The van der Waals surface area contributed by atoms with Gasteiger partial charge in [-0.3, -0.25) is 9.78 Å². The molecule has 0 unspecified atom stereocenters. The van der Waals surface area contributed by atoms with Crippen LogP contribution in [-0.4, -0.2) is 32.8 Å². The van der Waals surface area contributed by atoms with Gasteiger partial charge in [-0.25, -0.2) is 9.67 Å². The molecule has 0 N–H and O–H groups in total. The van der Waals surface area contributed by atoms with Crippen molar-refractivity contribution >= 4 is 16.5 Å². The second-order valence-corrected chi connectivity index (χ2v) is 6.86. The lowest BCUT2D eigenvalue weighted by Crippen LogP contribution is -2.49. The highest BCUT2D eigenvalue weighted by atomic mass is 32.1. The Morgan fingerprint density at radius 1 is 1.29 bits per heavy atom. The predicted octanol–water partition coefficient (Wildman–Crippen LogP) is 2.21. The van der Waals surface area contributed by atoms with Crippen molar-refractivity contribution in [3.8, 4) is 11.3 Å². The monoisotopic (exact) mass is 339 g/mol. The Hall–Kier alpha value is -2.54. The van der Waals surface area contributed by atoms with Crippen LogP contribution in [0.3, 0.4) is 0 Å². The van der Waals surface area contributed by atoms with Crippen LogP contribution in [0.1, 0.15) is 5.69 Å². The molecule has 0 amide bonds. The smallest absolute Gasteiger partial charge is 0.266 e. The summed E-state index contributed by atoms with van der Waals surface area (Å²) in [6, 6.07) is 7.14. The molecule has 4 heterocycles. The zero-order chi connectivity index (χ0) is 16.5. The summed E-state index contributed by atoms with van der Waals surface area (Å²) in [6.07, 6.45) is 3.48. The van der Waals surface area contributed by atoms with Crippen LogP contribution in [0.4, 0.5) is 5.13 Å². The number of aromatic nitrogens is 4. The molecule has 1 saturated heterocycles. The SMILES string of the molecule is Cc1csc(N2CC(Cn3nc(-c4cccnc4)ccc3=O)C2)n1. The van der Waals surface area contributed by atoms with Crippen LogP contribution in [0.25, 0.3) is 11.3 Å². The van der Waals surface area contributed by atoms with Gasteiger partial charge in [0, 0.05) is 48.4 Å². The van der Waals surface area contributed by atoms with E-state index in [1.165, 1.54) is 0 Å². The molecule has 0 radical (unpaired) electrons. The number of thiazole rings is 1. The summed E-state index contributed by atoms with van der Waals surface area (Å²) in [4.78, 5) is 22.9. The predicted molar refractivity (Wildman–Crippen MR) is 94.3 cm³/mol. The third-order valence-electron chi connectivity index (χ3n) is 4.09. The Kier molecular flexibility index (Phi) is 3.86. The van der Waals surface area contributed by atoms with Gasteiger partial charge in [-0.15, -0.1) is 11.3 Å². The number of anilines is 1. The van der Waals surface area contributed by atoms with Crippen LogP contribution in [0.15, 0.2) is 46.8 Å². The lowest BCUT2D eigenvalue weighted by Gasteiger charge is -2.39. The molecule has 6 nitrogen and oxygen atoms in total. The van der Waals surface area contributed by atoms with E-state index in [2.05, 4.69) is 25.3 Å². The maximum Gasteiger partial charge on any atom is 0.266 e. The summed E-state index contributed by atoms with van der Waals surface area (Å²) < 4.78 is 1.57. The zero-order valence-electron chi connectivity index (χ0n) is 13.3. The Morgan fingerprint density at radius 3 is 2.88 bits per heavy atom. The van der Waals surface area contributed by atoms with E-state index in [1.54, 1.807) is 40.5 Å². The van der Waals surface area contributed by atoms with Gasteiger partial charge in [0.05, 0.1) is 17.9 Å². The first-order valence-electron chi connectivity index (χ1n) is 7.85. The highest BCUT2D eigenvalue weighted by Gasteiger charge is 2.29. The van der Waals surface area contributed by atoms with Crippen molar-refractivity contribution in [3.05, 3.63) is 58.1 Å². The van der Waals surface area contributed by atoms with Crippen molar-refractivity contribution in [3.63, 3.8) is 0 Å². The van der Waals surface area contributed by atoms with Crippen LogP contribution in [-0.2, 0) is 6.54 Å². The van der Waals surface area contributed by atoms with E-state index in [-0.39, 0.29) is 5.56 Å². The first kappa shape index (κ1) is 15.0. The topological polar surface area (TPSA) is 63.9 Å². The third kappa shape index (κ3) is 2.94. The highest BCUT2D eigenvalue weighted by Crippen LogP contribution is 2.28. The molecule has 0 aromatic carbocycles. The summed E-state index contributed by atoms with van der Waals surface area (Å²) >= 11 is 1.67. The first-order chi connectivity index (χ1) is 11.7. The van der Waals surface area contributed by atoms with Crippen LogP contribution >= 0.6 is 11.3 Å². The Morgan fingerprint density at radius 2 is 2.17 bits per heavy atom. The molecule has 0 atom stereocenters. The minimum Gasteiger partial charge on any atom is -0.347 e. The summed E-state index contributed by atoms with van der Waals surface area (Å²) in [5.74, 6) is 0.420. The van der Waals surface area contributed by atoms with Gasteiger partial charge in [-0.05, 0) is 25.1 Å². The van der Waals surface area contributed by atoms with Crippen LogP contribution in [0, 0.1) is 12.8 Å². The molecule has 1 aliphatic rings. The average Bonchev–Trinajstić information content (AvgIpc) is 2.99. The molecule has 7 heteroatoms. The standard InChI is InChI=1S/C17H17N5OS/c1-12-11-24-17(19-12)21-8-13(9-21)10-22-16(23)5-4-15(20-22)14-3-2-6-18-7-14/h2-7,11,13H,8-10H2,1H3. The summed E-state index contributed by atoms with van der Waals surface area (Å²) in [5.41, 5.74) is 2.68. The normalized spacial score (nSPS) is 14.6. The lowest BCUT2D eigenvalue weighted by atomic mass is 10.0. The molecule has 0 bridgehead atoms. The largest absolute Gasteiger partial charge is 0.347 e. The van der Waals surface area contributed by atoms with E-state index in [4.69, 9.17) is 0 Å². The molecular weight excluding hydrogens is 322 g/mol. The fourth-order valence-corrected chi connectivity index (χ4v) is 3.64.